The minimum atomic E-state index is -2.33. The summed E-state index contributed by atoms with van der Waals surface area (Å²) < 4.78 is 24.8. The topological polar surface area (TPSA) is 49.4 Å². The van der Waals surface area contributed by atoms with Gasteiger partial charge in [0.05, 0.1) is 18.0 Å². The molecule has 136 valence electrons. The van der Waals surface area contributed by atoms with Crippen LogP contribution in [0.15, 0.2) is 0 Å². The van der Waals surface area contributed by atoms with Crippen molar-refractivity contribution in [3.8, 4) is 0 Å². The van der Waals surface area contributed by atoms with Crippen LogP contribution in [0.5, 0.6) is 0 Å². The van der Waals surface area contributed by atoms with Gasteiger partial charge < -0.3 is 10.2 Å². The molecule has 0 spiro atoms. The Kier molecular flexibility index (Phi) is 26.4. The van der Waals surface area contributed by atoms with Crippen LogP contribution >= 0.6 is 0 Å². The van der Waals surface area contributed by atoms with Crippen molar-refractivity contribution in [1.82, 2.24) is 0 Å². The summed E-state index contributed by atoms with van der Waals surface area (Å²) in [4.78, 5) is 0. The minimum absolute atomic E-state index is 0. The van der Waals surface area contributed by atoms with E-state index in [9.17, 15) is 8.76 Å². The average molecular weight is 358 g/mol. The molecule has 0 radical (unpaired) electrons. The number of unbranched alkanes of at least 4 members (excludes halogenated alkanes) is 15. The van der Waals surface area contributed by atoms with Gasteiger partial charge in [0.1, 0.15) is 0 Å². The van der Waals surface area contributed by atoms with Gasteiger partial charge in [0, 0.05) is 0 Å². The fourth-order valence-corrected chi connectivity index (χ4v) is 3.03. The van der Waals surface area contributed by atoms with Gasteiger partial charge in [0.25, 0.3) is 0 Å². The maximum atomic E-state index is 10.1. The summed E-state index contributed by atoms with van der Waals surface area (Å²) in [6.07, 6.45) is 21.2. The molecule has 0 aliphatic heterocycles. The molecule has 0 aromatic rings. The molecule has 0 aromatic heterocycles. The van der Waals surface area contributed by atoms with Crippen molar-refractivity contribution in [1.29, 1.82) is 0 Å². The van der Waals surface area contributed by atoms with E-state index < -0.39 is 11.4 Å². The SMILES string of the molecule is CCCCCCCCCCCCCCCCCCOS(=O)[O-].[H-].[Na+]. The Bertz CT molecular complexity index is 246. The molecular formula is C18H38NaO3S-. The van der Waals surface area contributed by atoms with E-state index in [1.807, 2.05) is 0 Å². The molecule has 5 heteroatoms. The van der Waals surface area contributed by atoms with E-state index in [4.69, 9.17) is 0 Å². The molecule has 1 unspecified atom stereocenters. The summed E-state index contributed by atoms with van der Waals surface area (Å²) >= 11 is -2.33. The van der Waals surface area contributed by atoms with E-state index in [1.165, 1.54) is 89.9 Å². The quantitative estimate of drug-likeness (QED) is 0.215. The Hall–Kier alpha value is 1.07. The largest absolute Gasteiger partial charge is 1.00 e. The molecule has 0 aliphatic rings. The van der Waals surface area contributed by atoms with Crippen molar-refractivity contribution in [2.45, 2.75) is 110 Å². The number of hydrogen-bond donors (Lipinski definition) is 0. The van der Waals surface area contributed by atoms with Gasteiger partial charge in [0.15, 0.2) is 0 Å². The molecule has 0 saturated heterocycles. The zero-order valence-corrected chi connectivity index (χ0v) is 18.5. The molecule has 23 heavy (non-hydrogen) atoms. The monoisotopic (exact) mass is 357 g/mol. The molecule has 0 aliphatic carbocycles. The summed E-state index contributed by atoms with van der Waals surface area (Å²) in [7, 11) is 0. The van der Waals surface area contributed by atoms with Gasteiger partial charge in [-0.15, -0.1) is 0 Å². The maximum Gasteiger partial charge on any atom is 1.00 e. The molecule has 3 nitrogen and oxygen atoms in total. The van der Waals surface area contributed by atoms with Crippen LogP contribution in [-0.2, 0) is 15.5 Å². The van der Waals surface area contributed by atoms with Crippen LogP contribution in [0, 0.1) is 0 Å². The predicted molar refractivity (Wildman–Crippen MR) is 95.5 cm³/mol. The van der Waals surface area contributed by atoms with Crippen LogP contribution in [0.1, 0.15) is 111 Å². The predicted octanol–water partition coefficient (Wildman–Crippen LogP) is 3.18. The summed E-state index contributed by atoms with van der Waals surface area (Å²) in [5.74, 6) is 0. The van der Waals surface area contributed by atoms with Crippen LogP contribution in [0.4, 0.5) is 0 Å². The van der Waals surface area contributed by atoms with Crippen molar-refractivity contribution in [2.24, 2.45) is 0 Å². The second kappa shape index (κ2) is 23.1. The third kappa shape index (κ3) is 25.4. The molecular weight excluding hydrogens is 319 g/mol. The van der Waals surface area contributed by atoms with Crippen LogP contribution in [0.3, 0.4) is 0 Å². The van der Waals surface area contributed by atoms with Gasteiger partial charge in [-0.2, -0.15) is 0 Å². The molecule has 0 N–H and O–H groups in total. The second-order valence-electron chi connectivity index (χ2n) is 6.33. The van der Waals surface area contributed by atoms with Gasteiger partial charge >= 0.3 is 29.6 Å². The summed E-state index contributed by atoms with van der Waals surface area (Å²) in [6.45, 7) is 2.61. The third-order valence-electron chi connectivity index (χ3n) is 4.18. The fraction of sp³-hybridized carbons (Fsp3) is 1.00. The third-order valence-corrected chi connectivity index (χ3v) is 4.54. The van der Waals surface area contributed by atoms with Crippen molar-refractivity contribution in [2.75, 3.05) is 6.61 Å². The van der Waals surface area contributed by atoms with Gasteiger partial charge in [-0.05, 0) is 6.42 Å². The molecule has 0 rings (SSSR count). The Labute approximate surface area is 171 Å². The van der Waals surface area contributed by atoms with Crippen molar-refractivity contribution >= 4 is 11.4 Å². The van der Waals surface area contributed by atoms with E-state index in [0.29, 0.717) is 6.61 Å². The second-order valence-corrected chi connectivity index (χ2v) is 6.97. The van der Waals surface area contributed by atoms with Crippen molar-refractivity contribution in [3.05, 3.63) is 0 Å². The van der Waals surface area contributed by atoms with Gasteiger partial charge in [-0.25, -0.2) is 4.21 Å². The van der Waals surface area contributed by atoms with Crippen LogP contribution in [0.25, 0.3) is 0 Å². The first kappa shape index (κ1) is 26.3. The first-order chi connectivity index (χ1) is 10.8. The number of hydrogen-bond acceptors (Lipinski definition) is 3. The molecule has 0 bridgehead atoms. The van der Waals surface area contributed by atoms with E-state index in [0.717, 1.165) is 12.8 Å². The Morgan fingerprint density at radius 2 is 1.00 bits per heavy atom. The van der Waals surface area contributed by atoms with Gasteiger partial charge in [0.2, 0.25) is 0 Å². The molecule has 0 amide bonds. The van der Waals surface area contributed by atoms with Gasteiger partial charge in [-0.3, -0.25) is 0 Å². The Morgan fingerprint density at radius 3 is 1.30 bits per heavy atom. The summed E-state index contributed by atoms with van der Waals surface area (Å²) in [5.41, 5.74) is 0. The van der Waals surface area contributed by atoms with E-state index in [-0.39, 0.29) is 31.0 Å². The summed E-state index contributed by atoms with van der Waals surface area (Å²) in [5, 5.41) is 0. The minimum Gasteiger partial charge on any atom is -1.00 e. The van der Waals surface area contributed by atoms with Crippen LogP contribution in [-0.4, -0.2) is 15.4 Å². The summed E-state index contributed by atoms with van der Waals surface area (Å²) in [6, 6.07) is 0. The molecule has 1 atom stereocenters. The molecule has 0 fully saturated rings. The average Bonchev–Trinajstić information content (AvgIpc) is 2.50. The molecule has 0 heterocycles. The maximum absolute atomic E-state index is 10.1. The molecule has 0 aromatic carbocycles. The zero-order valence-electron chi connectivity index (χ0n) is 16.7. The van der Waals surface area contributed by atoms with Crippen LogP contribution < -0.4 is 29.6 Å². The standard InChI is InChI=1S/C18H38O3S.Na.H/c1-2-3-4-5-6-7-8-9-10-11-12-13-14-15-16-17-18-21-22(19)20;;/h2-18H2,1H3,(H,19,20);;/q;+1;-1/p-1. The Morgan fingerprint density at radius 1 is 0.696 bits per heavy atom. The number of rotatable bonds is 18. The molecule has 0 saturated carbocycles. The van der Waals surface area contributed by atoms with E-state index in [1.54, 1.807) is 0 Å². The first-order valence-electron chi connectivity index (χ1n) is 9.50. The van der Waals surface area contributed by atoms with Crippen molar-refractivity contribution < 1.29 is 43.9 Å². The van der Waals surface area contributed by atoms with Crippen LogP contribution in [0.2, 0.25) is 0 Å². The fourth-order valence-electron chi connectivity index (χ4n) is 2.78. The smallest absolute Gasteiger partial charge is 1.00 e. The zero-order chi connectivity index (χ0) is 16.3. The van der Waals surface area contributed by atoms with Gasteiger partial charge in [-0.1, -0.05) is 103 Å². The Balaban J connectivity index is -0.00000220. The normalized spacial score (nSPS) is 12.1. The van der Waals surface area contributed by atoms with Crippen molar-refractivity contribution in [3.63, 3.8) is 0 Å². The van der Waals surface area contributed by atoms with E-state index >= 15 is 0 Å². The first-order valence-corrected chi connectivity index (χ1v) is 10.5. The van der Waals surface area contributed by atoms with E-state index in [2.05, 4.69) is 11.1 Å².